The van der Waals surface area contributed by atoms with Crippen molar-refractivity contribution in [2.45, 2.75) is 18.9 Å². The van der Waals surface area contributed by atoms with E-state index < -0.39 is 0 Å². The number of hydrogen-bond acceptors (Lipinski definition) is 6. The van der Waals surface area contributed by atoms with Gasteiger partial charge < -0.3 is 15.8 Å². The van der Waals surface area contributed by atoms with Gasteiger partial charge in [-0.25, -0.2) is 14.8 Å². The Bertz CT molecular complexity index is 776. The van der Waals surface area contributed by atoms with Crippen molar-refractivity contribution in [3.05, 3.63) is 53.0 Å². The number of aryl methyl sites for hydroxylation is 1. The number of nitrogen functional groups attached to an aromatic ring is 1. The first kappa shape index (κ1) is 15.0. The SMILES string of the molecule is COC(=O)c1ccc2c(c1)CC[C@@H]2NC(=O)c1cc(N)ncn1. The van der Waals surface area contributed by atoms with Crippen LogP contribution >= 0.6 is 0 Å². The summed E-state index contributed by atoms with van der Waals surface area (Å²) < 4.78 is 4.72. The van der Waals surface area contributed by atoms with Crippen LogP contribution in [0.1, 0.15) is 44.4 Å². The van der Waals surface area contributed by atoms with Crippen LogP contribution in [0, 0.1) is 0 Å². The van der Waals surface area contributed by atoms with Crippen LogP contribution in [0.3, 0.4) is 0 Å². The summed E-state index contributed by atoms with van der Waals surface area (Å²) in [7, 11) is 1.35. The Labute approximate surface area is 132 Å². The average Bonchev–Trinajstić information content (AvgIpc) is 2.96. The fraction of sp³-hybridized carbons (Fsp3) is 0.250. The van der Waals surface area contributed by atoms with E-state index in [1.54, 1.807) is 6.07 Å². The van der Waals surface area contributed by atoms with Crippen LogP contribution in [0.15, 0.2) is 30.6 Å². The van der Waals surface area contributed by atoms with Gasteiger partial charge in [0.05, 0.1) is 18.7 Å². The van der Waals surface area contributed by atoms with Gasteiger partial charge in [-0.2, -0.15) is 0 Å². The monoisotopic (exact) mass is 312 g/mol. The molecule has 1 aliphatic rings. The van der Waals surface area contributed by atoms with Gasteiger partial charge >= 0.3 is 5.97 Å². The molecule has 0 aliphatic heterocycles. The maximum Gasteiger partial charge on any atom is 0.337 e. The molecule has 2 aromatic rings. The highest BCUT2D eigenvalue weighted by atomic mass is 16.5. The number of hydrogen-bond donors (Lipinski definition) is 2. The van der Waals surface area contributed by atoms with Crippen LogP contribution in [0.2, 0.25) is 0 Å². The van der Waals surface area contributed by atoms with Gasteiger partial charge in [-0.05, 0) is 36.1 Å². The van der Waals surface area contributed by atoms with Crippen molar-refractivity contribution >= 4 is 17.7 Å². The summed E-state index contributed by atoms with van der Waals surface area (Å²) in [6.07, 6.45) is 2.82. The predicted molar refractivity (Wildman–Crippen MR) is 82.8 cm³/mol. The van der Waals surface area contributed by atoms with E-state index in [4.69, 9.17) is 10.5 Å². The molecule has 1 aromatic heterocycles. The second-order valence-corrected chi connectivity index (χ2v) is 5.30. The normalized spacial score (nSPS) is 15.8. The molecule has 0 unspecified atom stereocenters. The van der Waals surface area contributed by atoms with Gasteiger partial charge in [0, 0.05) is 6.07 Å². The molecule has 0 bridgehead atoms. The van der Waals surface area contributed by atoms with Crippen LogP contribution in [0.5, 0.6) is 0 Å². The van der Waals surface area contributed by atoms with E-state index >= 15 is 0 Å². The number of nitrogens with two attached hydrogens (primary N) is 1. The zero-order valence-corrected chi connectivity index (χ0v) is 12.6. The van der Waals surface area contributed by atoms with E-state index in [2.05, 4.69) is 15.3 Å². The van der Waals surface area contributed by atoms with Crippen LogP contribution in [-0.4, -0.2) is 29.0 Å². The van der Waals surface area contributed by atoms with Gasteiger partial charge in [0.1, 0.15) is 17.8 Å². The number of esters is 1. The molecule has 0 saturated heterocycles. The Morgan fingerprint density at radius 2 is 2.13 bits per heavy atom. The topological polar surface area (TPSA) is 107 Å². The molecule has 1 atom stereocenters. The van der Waals surface area contributed by atoms with E-state index in [9.17, 15) is 9.59 Å². The first-order valence-electron chi connectivity index (χ1n) is 7.18. The first-order valence-corrected chi connectivity index (χ1v) is 7.18. The molecule has 3 N–H and O–H groups in total. The first-order chi connectivity index (χ1) is 11.1. The number of amides is 1. The molecule has 0 fully saturated rings. The Morgan fingerprint density at radius 1 is 1.30 bits per heavy atom. The number of carbonyl (C=O) groups is 2. The van der Waals surface area contributed by atoms with Crippen molar-refractivity contribution in [1.82, 2.24) is 15.3 Å². The molecule has 0 radical (unpaired) electrons. The minimum atomic E-state index is -0.364. The number of methoxy groups -OCH3 is 1. The smallest absolute Gasteiger partial charge is 0.337 e. The second kappa shape index (κ2) is 6.04. The molecule has 0 spiro atoms. The summed E-state index contributed by atoms with van der Waals surface area (Å²) >= 11 is 0. The van der Waals surface area contributed by atoms with E-state index in [-0.39, 0.29) is 29.4 Å². The highest BCUT2D eigenvalue weighted by Crippen LogP contribution is 2.32. The Balaban J connectivity index is 1.78. The van der Waals surface area contributed by atoms with Gasteiger partial charge in [0.25, 0.3) is 5.91 Å². The molecular weight excluding hydrogens is 296 g/mol. The van der Waals surface area contributed by atoms with Crippen molar-refractivity contribution in [2.24, 2.45) is 0 Å². The van der Waals surface area contributed by atoms with E-state index in [1.807, 2.05) is 12.1 Å². The summed E-state index contributed by atoms with van der Waals surface area (Å²) in [5, 5.41) is 2.94. The molecule has 1 aliphatic carbocycles. The number of aromatic nitrogens is 2. The highest BCUT2D eigenvalue weighted by molar-refractivity contribution is 5.93. The molecule has 7 nitrogen and oxygen atoms in total. The van der Waals surface area contributed by atoms with E-state index in [1.165, 1.54) is 19.5 Å². The molecule has 7 heteroatoms. The fourth-order valence-electron chi connectivity index (χ4n) is 2.74. The van der Waals surface area contributed by atoms with Gasteiger partial charge in [-0.1, -0.05) is 6.07 Å². The quantitative estimate of drug-likeness (QED) is 0.826. The number of rotatable bonds is 3. The lowest BCUT2D eigenvalue weighted by Crippen LogP contribution is -2.28. The minimum absolute atomic E-state index is 0.111. The van der Waals surface area contributed by atoms with Crippen molar-refractivity contribution in [2.75, 3.05) is 12.8 Å². The third-order valence-electron chi connectivity index (χ3n) is 3.87. The number of anilines is 1. The van der Waals surface area contributed by atoms with Crippen molar-refractivity contribution in [3.8, 4) is 0 Å². The number of nitrogens with zero attached hydrogens (tertiary/aromatic N) is 2. The third-order valence-corrected chi connectivity index (χ3v) is 3.87. The minimum Gasteiger partial charge on any atom is -0.465 e. The van der Waals surface area contributed by atoms with E-state index in [0.717, 1.165) is 24.0 Å². The molecular formula is C16H16N4O3. The number of fused-ring (bicyclic) bond motifs is 1. The third kappa shape index (κ3) is 2.98. The lowest BCUT2D eigenvalue weighted by Gasteiger charge is -2.14. The number of carbonyl (C=O) groups excluding carboxylic acids is 2. The Hall–Kier alpha value is -2.96. The Kier molecular flexibility index (Phi) is 3.92. The van der Waals surface area contributed by atoms with Crippen LogP contribution in [-0.2, 0) is 11.2 Å². The highest BCUT2D eigenvalue weighted by Gasteiger charge is 2.25. The summed E-state index contributed by atoms with van der Waals surface area (Å²) in [6.45, 7) is 0. The number of ether oxygens (including phenoxy) is 1. The molecule has 1 heterocycles. The van der Waals surface area contributed by atoms with Crippen LogP contribution in [0.4, 0.5) is 5.82 Å². The van der Waals surface area contributed by atoms with Gasteiger partial charge in [-0.3, -0.25) is 4.79 Å². The lowest BCUT2D eigenvalue weighted by atomic mass is 10.0. The molecule has 118 valence electrons. The Morgan fingerprint density at radius 3 is 2.87 bits per heavy atom. The predicted octanol–water partition coefficient (Wildman–Crippen LogP) is 1.26. The zero-order chi connectivity index (χ0) is 16.4. The largest absolute Gasteiger partial charge is 0.465 e. The van der Waals surface area contributed by atoms with Crippen LogP contribution < -0.4 is 11.1 Å². The van der Waals surface area contributed by atoms with Crippen LogP contribution in [0.25, 0.3) is 0 Å². The van der Waals surface area contributed by atoms with Gasteiger partial charge in [0.2, 0.25) is 0 Å². The fourth-order valence-corrected chi connectivity index (χ4v) is 2.74. The van der Waals surface area contributed by atoms with Crippen molar-refractivity contribution in [1.29, 1.82) is 0 Å². The van der Waals surface area contributed by atoms with E-state index in [0.29, 0.717) is 5.56 Å². The standard InChI is InChI=1S/C16H16N4O3/c1-23-16(22)10-2-4-11-9(6-10)3-5-12(11)20-15(21)13-7-14(17)19-8-18-13/h2,4,6-8,12H,3,5H2,1H3,(H,20,21)(H2,17,18,19)/t12-/m0/s1. The summed E-state index contributed by atoms with van der Waals surface area (Å²) in [5.41, 5.74) is 8.36. The number of nitrogens with one attached hydrogen (secondary N) is 1. The number of benzene rings is 1. The summed E-state index contributed by atoms with van der Waals surface area (Å²) in [5.74, 6) is -0.412. The second-order valence-electron chi connectivity index (χ2n) is 5.30. The summed E-state index contributed by atoms with van der Waals surface area (Å²) in [4.78, 5) is 31.5. The van der Waals surface area contributed by atoms with Crippen molar-refractivity contribution in [3.63, 3.8) is 0 Å². The summed E-state index contributed by atoms with van der Waals surface area (Å²) in [6, 6.07) is 6.70. The maximum atomic E-state index is 12.3. The molecule has 3 rings (SSSR count). The molecule has 23 heavy (non-hydrogen) atoms. The maximum absolute atomic E-state index is 12.3. The molecule has 1 amide bonds. The van der Waals surface area contributed by atoms with Gasteiger partial charge in [0.15, 0.2) is 0 Å². The molecule has 1 aromatic carbocycles. The molecule has 0 saturated carbocycles. The lowest BCUT2D eigenvalue weighted by molar-refractivity contribution is 0.0600. The van der Waals surface area contributed by atoms with Crippen molar-refractivity contribution < 1.29 is 14.3 Å². The average molecular weight is 312 g/mol. The zero-order valence-electron chi connectivity index (χ0n) is 12.6. The van der Waals surface area contributed by atoms with Gasteiger partial charge in [-0.15, -0.1) is 0 Å².